The Bertz CT molecular complexity index is 433. The van der Waals surface area contributed by atoms with Crippen LogP contribution >= 0.6 is 0 Å². The van der Waals surface area contributed by atoms with Crippen molar-refractivity contribution in [3.8, 4) is 5.75 Å². The molecule has 2 atom stereocenters. The van der Waals surface area contributed by atoms with Gasteiger partial charge < -0.3 is 10.1 Å². The molecule has 0 amide bonds. The molecule has 0 aliphatic heterocycles. The summed E-state index contributed by atoms with van der Waals surface area (Å²) in [7, 11) is 1.53. The number of methoxy groups -OCH3 is 1. The number of halogens is 1. The monoisotopic (exact) mass is 279 g/mol. The number of hydrogen-bond acceptors (Lipinski definition) is 2. The highest BCUT2D eigenvalue weighted by Gasteiger charge is 2.29. The maximum Gasteiger partial charge on any atom is 0.168 e. The summed E-state index contributed by atoms with van der Waals surface area (Å²) >= 11 is 0. The zero-order valence-corrected chi connectivity index (χ0v) is 12.8. The van der Waals surface area contributed by atoms with Crippen molar-refractivity contribution in [2.75, 3.05) is 13.7 Å². The molecule has 2 nitrogen and oxygen atoms in total. The molecule has 1 aliphatic carbocycles. The second-order valence-electron chi connectivity index (χ2n) is 6.08. The van der Waals surface area contributed by atoms with Gasteiger partial charge in [-0.05, 0) is 42.9 Å². The predicted molar refractivity (Wildman–Crippen MR) is 80.8 cm³/mol. The van der Waals surface area contributed by atoms with Crippen molar-refractivity contribution < 1.29 is 9.13 Å². The van der Waals surface area contributed by atoms with E-state index in [0.29, 0.717) is 23.6 Å². The molecule has 0 radical (unpaired) electrons. The van der Waals surface area contributed by atoms with E-state index in [2.05, 4.69) is 19.2 Å². The number of benzene rings is 1. The van der Waals surface area contributed by atoms with E-state index in [-0.39, 0.29) is 5.82 Å². The summed E-state index contributed by atoms with van der Waals surface area (Å²) in [6.07, 6.45) is 4.71. The second-order valence-corrected chi connectivity index (χ2v) is 6.08. The second kappa shape index (κ2) is 7.07. The first-order valence-corrected chi connectivity index (χ1v) is 7.69. The van der Waals surface area contributed by atoms with Crippen LogP contribution in [-0.2, 0) is 0 Å². The molecule has 2 rings (SSSR count). The minimum atomic E-state index is -0.170. The van der Waals surface area contributed by atoms with E-state index in [4.69, 9.17) is 4.74 Å². The van der Waals surface area contributed by atoms with Gasteiger partial charge in [0.1, 0.15) is 0 Å². The molecule has 2 unspecified atom stereocenters. The molecule has 1 fully saturated rings. The standard InChI is InChI=1S/C17H26FNO/c1-12(2)19-11-13-7-4-5-8-14(13)15-9-6-10-16(20-3)17(15)18/h6,9-10,12-14,19H,4-5,7-8,11H2,1-3H3. The minimum Gasteiger partial charge on any atom is -0.494 e. The van der Waals surface area contributed by atoms with Crippen LogP contribution in [0, 0.1) is 11.7 Å². The van der Waals surface area contributed by atoms with Crippen molar-refractivity contribution in [3.63, 3.8) is 0 Å². The normalized spacial score (nSPS) is 23.1. The highest BCUT2D eigenvalue weighted by molar-refractivity contribution is 5.34. The van der Waals surface area contributed by atoms with Crippen LogP contribution < -0.4 is 10.1 Å². The molecule has 20 heavy (non-hydrogen) atoms. The van der Waals surface area contributed by atoms with E-state index >= 15 is 0 Å². The van der Waals surface area contributed by atoms with E-state index in [9.17, 15) is 4.39 Å². The molecule has 112 valence electrons. The van der Waals surface area contributed by atoms with Crippen molar-refractivity contribution in [2.24, 2.45) is 5.92 Å². The Morgan fingerprint density at radius 1 is 1.30 bits per heavy atom. The zero-order chi connectivity index (χ0) is 14.5. The van der Waals surface area contributed by atoms with Gasteiger partial charge in [-0.3, -0.25) is 0 Å². The SMILES string of the molecule is COc1cccc(C2CCCCC2CNC(C)C)c1F. The van der Waals surface area contributed by atoms with Crippen LogP contribution in [0.3, 0.4) is 0 Å². The Balaban J connectivity index is 2.19. The molecule has 1 aromatic rings. The lowest BCUT2D eigenvalue weighted by atomic mass is 9.75. The van der Waals surface area contributed by atoms with Crippen LogP contribution in [0.2, 0.25) is 0 Å². The summed E-state index contributed by atoms with van der Waals surface area (Å²) in [6.45, 7) is 5.28. The lowest BCUT2D eigenvalue weighted by molar-refractivity contribution is 0.281. The van der Waals surface area contributed by atoms with Gasteiger partial charge >= 0.3 is 0 Å². The summed E-state index contributed by atoms with van der Waals surface area (Å²) in [5.41, 5.74) is 0.833. The van der Waals surface area contributed by atoms with E-state index in [1.165, 1.54) is 26.4 Å². The number of hydrogen-bond donors (Lipinski definition) is 1. The highest BCUT2D eigenvalue weighted by atomic mass is 19.1. The van der Waals surface area contributed by atoms with Crippen molar-refractivity contribution in [1.29, 1.82) is 0 Å². The van der Waals surface area contributed by atoms with Gasteiger partial charge in [0.25, 0.3) is 0 Å². The van der Waals surface area contributed by atoms with Gasteiger partial charge in [0.15, 0.2) is 11.6 Å². The Morgan fingerprint density at radius 3 is 2.75 bits per heavy atom. The first kappa shape index (κ1) is 15.3. The third-order valence-corrected chi connectivity index (χ3v) is 4.31. The molecule has 0 heterocycles. The van der Waals surface area contributed by atoms with E-state index in [1.807, 2.05) is 12.1 Å². The molecule has 0 aromatic heterocycles. The predicted octanol–water partition coefficient (Wildman–Crippen LogP) is 4.11. The van der Waals surface area contributed by atoms with Gasteiger partial charge in [0, 0.05) is 6.04 Å². The largest absolute Gasteiger partial charge is 0.494 e. The zero-order valence-electron chi connectivity index (χ0n) is 12.8. The van der Waals surface area contributed by atoms with Crippen LogP contribution in [0.5, 0.6) is 5.75 Å². The molecule has 1 aromatic carbocycles. The molecular formula is C17H26FNO. The van der Waals surface area contributed by atoms with Crippen molar-refractivity contribution in [3.05, 3.63) is 29.6 Å². The van der Waals surface area contributed by atoms with Crippen molar-refractivity contribution in [2.45, 2.75) is 51.5 Å². The smallest absolute Gasteiger partial charge is 0.168 e. The summed E-state index contributed by atoms with van der Waals surface area (Å²) in [4.78, 5) is 0. The number of ether oxygens (including phenoxy) is 1. The van der Waals surface area contributed by atoms with Gasteiger partial charge in [-0.15, -0.1) is 0 Å². The molecule has 1 N–H and O–H groups in total. The topological polar surface area (TPSA) is 21.3 Å². The summed E-state index contributed by atoms with van der Waals surface area (Å²) in [6, 6.07) is 6.01. The number of nitrogens with one attached hydrogen (secondary N) is 1. The lowest BCUT2D eigenvalue weighted by Gasteiger charge is -2.33. The Kier molecular flexibility index (Phi) is 5.41. The molecule has 1 aliphatic rings. The minimum absolute atomic E-state index is 0.170. The molecule has 0 spiro atoms. The maximum absolute atomic E-state index is 14.5. The Morgan fingerprint density at radius 2 is 2.05 bits per heavy atom. The molecule has 3 heteroatoms. The number of rotatable bonds is 5. The van der Waals surface area contributed by atoms with Gasteiger partial charge in [0.05, 0.1) is 7.11 Å². The van der Waals surface area contributed by atoms with Crippen molar-refractivity contribution >= 4 is 0 Å². The quantitative estimate of drug-likeness (QED) is 0.876. The van der Waals surface area contributed by atoms with Crippen LogP contribution in [0.1, 0.15) is 51.0 Å². The summed E-state index contributed by atoms with van der Waals surface area (Å²) in [5, 5.41) is 3.51. The Hall–Kier alpha value is -1.09. The van der Waals surface area contributed by atoms with Crippen LogP contribution in [0.25, 0.3) is 0 Å². The molecule has 1 saturated carbocycles. The molecule has 0 saturated heterocycles. The molecule has 0 bridgehead atoms. The average molecular weight is 279 g/mol. The van der Waals surface area contributed by atoms with Gasteiger partial charge in [-0.25, -0.2) is 4.39 Å². The average Bonchev–Trinajstić information content (AvgIpc) is 2.46. The Labute approximate surface area is 121 Å². The fourth-order valence-corrected chi connectivity index (χ4v) is 3.22. The van der Waals surface area contributed by atoms with Gasteiger partial charge in [-0.1, -0.05) is 38.8 Å². The summed E-state index contributed by atoms with van der Waals surface area (Å²) < 4.78 is 19.6. The maximum atomic E-state index is 14.5. The first-order chi connectivity index (χ1) is 9.63. The van der Waals surface area contributed by atoms with E-state index in [1.54, 1.807) is 6.07 Å². The highest BCUT2D eigenvalue weighted by Crippen LogP contribution is 2.40. The van der Waals surface area contributed by atoms with E-state index in [0.717, 1.165) is 18.5 Å². The van der Waals surface area contributed by atoms with Crippen LogP contribution in [-0.4, -0.2) is 19.7 Å². The van der Waals surface area contributed by atoms with Gasteiger partial charge in [-0.2, -0.15) is 0 Å². The first-order valence-electron chi connectivity index (χ1n) is 7.69. The van der Waals surface area contributed by atoms with E-state index < -0.39 is 0 Å². The fraction of sp³-hybridized carbons (Fsp3) is 0.647. The third-order valence-electron chi connectivity index (χ3n) is 4.31. The summed E-state index contributed by atoms with van der Waals surface area (Å²) in [5.74, 6) is 1.03. The van der Waals surface area contributed by atoms with Crippen LogP contribution in [0.15, 0.2) is 18.2 Å². The molecular weight excluding hydrogens is 253 g/mol. The van der Waals surface area contributed by atoms with Gasteiger partial charge in [0.2, 0.25) is 0 Å². The van der Waals surface area contributed by atoms with Crippen molar-refractivity contribution in [1.82, 2.24) is 5.32 Å². The third kappa shape index (κ3) is 3.51. The van der Waals surface area contributed by atoms with Crippen LogP contribution in [0.4, 0.5) is 4.39 Å². The fourth-order valence-electron chi connectivity index (χ4n) is 3.22. The lowest BCUT2D eigenvalue weighted by Crippen LogP contribution is -2.33.